The summed E-state index contributed by atoms with van der Waals surface area (Å²) >= 11 is 13.2. The van der Waals surface area contributed by atoms with E-state index in [9.17, 15) is 4.79 Å². The minimum absolute atomic E-state index is 0.0191. The van der Waals surface area contributed by atoms with Gasteiger partial charge in [0.2, 0.25) is 5.82 Å². The number of aromatic nitrogens is 2. The first-order valence-electron chi connectivity index (χ1n) is 10.7. The first-order chi connectivity index (χ1) is 16.8. The summed E-state index contributed by atoms with van der Waals surface area (Å²) in [6, 6.07) is 18.0. The minimum atomic E-state index is -0.307. The van der Waals surface area contributed by atoms with Crippen LogP contribution in [0.3, 0.4) is 0 Å². The molecule has 176 valence electrons. The molecule has 0 radical (unpaired) electrons. The van der Waals surface area contributed by atoms with E-state index in [1.807, 2.05) is 32.0 Å². The van der Waals surface area contributed by atoms with E-state index >= 15 is 0 Å². The fourth-order valence-corrected chi connectivity index (χ4v) is 5.23. The number of benzene rings is 3. The summed E-state index contributed by atoms with van der Waals surface area (Å²) in [5, 5.41) is 6.36. The molecule has 0 saturated carbocycles. The predicted octanol–water partition coefficient (Wildman–Crippen LogP) is 7.66. The number of hydrogen-bond donors (Lipinski definition) is 0. The highest BCUT2D eigenvalue weighted by atomic mass is 79.9. The van der Waals surface area contributed by atoms with Crippen LogP contribution in [0.5, 0.6) is 5.75 Å². The highest BCUT2D eigenvalue weighted by Gasteiger charge is 2.17. The molecule has 0 spiro atoms. The van der Waals surface area contributed by atoms with Crippen LogP contribution in [0, 0.1) is 0 Å². The number of halogens is 3. The Balaban J connectivity index is 1.66. The first-order valence-corrected chi connectivity index (χ1v) is 12.7. The lowest BCUT2D eigenvalue weighted by molar-refractivity contribution is 0.239. The molecule has 6 nitrogen and oxygen atoms in total. The van der Waals surface area contributed by atoms with Crippen molar-refractivity contribution < 1.29 is 9.15 Å². The third-order valence-electron chi connectivity index (χ3n) is 5.15. The molecule has 0 bridgehead atoms. The molecule has 0 aliphatic carbocycles. The lowest BCUT2D eigenvalue weighted by atomic mass is 10.2. The van der Waals surface area contributed by atoms with Gasteiger partial charge in [-0.05, 0) is 99.8 Å². The van der Waals surface area contributed by atoms with Gasteiger partial charge < -0.3 is 9.15 Å². The summed E-state index contributed by atoms with van der Waals surface area (Å²) in [5.74, 6) is 1.39. The van der Waals surface area contributed by atoms with E-state index in [1.54, 1.807) is 48.7 Å². The first kappa shape index (κ1) is 23.8. The van der Waals surface area contributed by atoms with Gasteiger partial charge in [0.1, 0.15) is 11.3 Å². The maximum atomic E-state index is 13.4. The summed E-state index contributed by atoms with van der Waals surface area (Å²) in [6.45, 7) is 3.92. The van der Waals surface area contributed by atoms with Crippen LogP contribution in [0.15, 0.2) is 83.9 Å². The van der Waals surface area contributed by atoms with Gasteiger partial charge in [-0.2, -0.15) is 9.78 Å². The van der Waals surface area contributed by atoms with Crippen molar-refractivity contribution in [3.8, 4) is 17.3 Å². The molecule has 2 aromatic heterocycles. The van der Waals surface area contributed by atoms with Gasteiger partial charge in [0.15, 0.2) is 5.76 Å². The molecule has 5 aromatic rings. The molecule has 0 amide bonds. The zero-order valence-electron chi connectivity index (χ0n) is 18.6. The maximum Gasteiger partial charge on any atom is 0.282 e. The average Bonchev–Trinajstić information content (AvgIpc) is 3.23. The van der Waals surface area contributed by atoms with Gasteiger partial charge in [-0.1, -0.05) is 23.7 Å². The Hall–Kier alpha value is -2.94. The highest BCUT2D eigenvalue weighted by Crippen LogP contribution is 2.35. The molecule has 2 heterocycles. The van der Waals surface area contributed by atoms with Gasteiger partial charge >= 0.3 is 0 Å². The Labute approximate surface area is 222 Å². The zero-order valence-corrected chi connectivity index (χ0v) is 22.6. The Kier molecular flexibility index (Phi) is 6.53. The van der Waals surface area contributed by atoms with Crippen molar-refractivity contribution >= 4 is 71.5 Å². The summed E-state index contributed by atoms with van der Waals surface area (Å²) in [5.41, 5.74) is 1.63. The third-order valence-corrected chi connectivity index (χ3v) is 6.56. The largest absolute Gasteiger partial charge is 0.489 e. The number of fused-ring (bicyclic) bond motifs is 2. The summed E-state index contributed by atoms with van der Waals surface area (Å²) in [6.07, 6.45) is 1.61. The zero-order chi connectivity index (χ0) is 24.7. The van der Waals surface area contributed by atoms with Crippen molar-refractivity contribution in [3.05, 3.63) is 90.5 Å². The van der Waals surface area contributed by atoms with Crippen molar-refractivity contribution in [1.29, 1.82) is 0 Å². The van der Waals surface area contributed by atoms with Crippen LogP contribution in [0.25, 0.3) is 33.5 Å². The lowest BCUT2D eigenvalue weighted by Crippen LogP contribution is -2.20. The van der Waals surface area contributed by atoms with E-state index < -0.39 is 0 Å². The second kappa shape index (κ2) is 9.60. The van der Waals surface area contributed by atoms with E-state index in [0.29, 0.717) is 33.0 Å². The SMILES string of the molecule is CC(C)Oc1c(Br)cc(C=Nn2c(-c3cc4cc(Cl)ccc4o3)nc3ccccc3c2=O)cc1Br. The maximum absolute atomic E-state index is 13.4. The highest BCUT2D eigenvalue weighted by molar-refractivity contribution is 9.11. The lowest BCUT2D eigenvalue weighted by Gasteiger charge is -2.14. The molecule has 5 rings (SSSR count). The average molecular weight is 616 g/mol. The van der Waals surface area contributed by atoms with Crippen LogP contribution in [0.2, 0.25) is 5.02 Å². The summed E-state index contributed by atoms with van der Waals surface area (Å²) in [7, 11) is 0. The molecule has 0 N–H and O–H groups in total. The van der Waals surface area contributed by atoms with Crippen molar-refractivity contribution in [3.63, 3.8) is 0 Å². The molecule has 3 aromatic carbocycles. The van der Waals surface area contributed by atoms with E-state index in [-0.39, 0.29) is 17.5 Å². The smallest absolute Gasteiger partial charge is 0.282 e. The van der Waals surface area contributed by atoms with Crippen LogP contribution in [0.4, 0.5) is 0 Å². The standard InChI is InChI=1S/C26H18Br2ClN3O3/c1-14(2)34-24-19(27)9-15(10-20(24)28)13-30-32-25(31-21-6-4-3-5-18(21)26(32)33)23-12-16-11-17(29)7-8-22(16)35-23/h3-14H,1-2H3. The number of furan rings is 1. The van der Waals surface area contributed by atoms with Gasteiger partial charge in [-0.15, -0.1) is 0 Å². The second-order valence-electron chi connectivity index (χ2n) is 8.09. The molecule has 0 atom stereocenters. The molecule has 0 fully saturated rings. The van der Waals surface area contributed by atoms with Gasteiger partial charge in [-0.25, -0.2) is 4.98 Å². The fraction of sp³-hybridized carbons (Fsp3) is 0.115. The van der Waals surface area contributed by atoms with E-state index in [0.717, 1.165) is 19.9 Å². The normalized spacial score (nSPS) is 11.8. The van der Waals surface area contributed by atoms with Crippen molar-refractivity contribution in [1.82, 2.24) is 9.66 Å². The molecule has 0 aliphatic rings. The number of rotatable bonds is 5. The molecule has 0 saturated heterocycles. The molecule has 0 aliphatic heterocycles. The molecule has 9 heteroatoms. The third kappa shape index (κ3) is 4.78. The van der Waals surface area contributed by atoms with Gasteiger partial charge in [0, 0.05) is 10.4 Å². The Morgan fingerprint density at radius 3 is 2.57 bits per heavy atom. The van der Waals surface area contributed by atoms with Crippen molar-refractivity contribution in [2.45, 2.75) is 20.0 Å². The number of ether oxygens (including phenoxy) is 1. The van der Waals surface area contributed by atoms with Gasteiger partial charge in [0.25, 0.3) is 5.56 Å². The molecular weight excluding hydrogens is 598 g/mol. The van der Waals surface area contributed by atoms with E-state index in [1.165, 1.54) is 4.68 Å². The topological polar surface area (TPSA) is 69.6 Å². The summed E-state index contributed by atoms with van der Waals surface area (Å²) in [4.78, 5) is 18.1. The van der Waals surface area contributed by atoms with Crippen molar-refractivity contribution in [2.75, 3.05) is 0 Å². The van der Waals surface area contributed by atoms with Crippen LogP contribution in [-0.4, -0.2) is 22.0 Å². The molecule has 35 heavy (non-hydrogen) atoms. The predicted molar refractivity (Wildman–Crippen MR) is 147 cm³/mol. The Morgan fingerprint density at radius 2 is 1.83 bits per heavy atom. The van der Waals surface area contributed by atoms with E-state index in [2.05, 4.69) is 37.0 Å². The Morgan fingerprint density at radius 1 is 1.09 bits per heavy atom. The number of hydrogen-bond acceptors (Lipinski definition) is 5. The number of nitrogens with zero attached hydrogens (tertiary/aromatic N) is 3. The summed E-state index contributed by atoms with van der Waals surface area (Å²) < 4.78 is 14.6. The van der Waals surface area contributed by atoms with Crippen LogP contribution >= 0.6 is 43.5 Å². The van der Waals surface area contributed by atoms with Gasteiger partial charge in [-0.3, -0.25) is 4.79 Å². The fourth-order valence-electron chi connectivity index (χ4n) is 3.64. The molecule has 0 unspecified atom stereocenters. The van der Waals surface area contributed by atoms with Crippen molar-refractivity contribution in [2.24, 2.45) is 5.10 Å². The quantitative estimate of drug-likeness (QED) is 0.191. The minimum Gasteiger partial charge on any atom is -0.489 e. The monoisotopic (exact) mass is 613 g/mol. The van der Waals surface area contributed by atoms with Crippen LogP contribution in [-0.2, 0) is 0 Å². The number of para-hydroxylation sites is 1. The Bertz CT molecular complexity index is 1650. The molecular formula is C26H18Br2ClN3O3. The van der Waals surface area contributed by atoms with Crippen LogP contribution < -0.4 is 10.3 Å². The van der Waals surface area contributed by atoms with E-state index in [4.69, 9.17) is 25.7 Å². The van der Waals surface area contributed by atoms with Gasteiger partial charge in [0.05, 0.1) is 32.2 Å². The van der Waals surface area contributed by atoms with Crippen LogP contribution in [0.1, 0.15) is 19.4 Å². The second-order valence-corrected chi connectivity index (χ2v) is 10.2.